The van der Waals surface area contributed by atoms with Gasteiger partial charge in [0, 0.05) is 15.6 Å². The monoisotopic (exact) mass is 236 g/mol. The molecule has 0 amide bonds. The van der Waals surface area contributed by atoms with E-state index in [4.69, 9.17) is 0 Å². The Morgan fingerprint density at radius 2 is 1.69 bits per heavy atom. The number of rotatable bonds is 7. The van der Waals surface area contributed by atoms with Gasteiger partial charge in [0.05, 0.1) is 0 Å². The first-order chi connectivity index (χ1) is 5.92. The van der Waals surface area contributed by atoms with Crippen LogP contribution < -0.4 is 0 Å². The summed E-state index contributed by atoms with van der Waals surface area (Å²) in [4.78, 5) is 0. The maximum Gasteiger partial charge on any atom is 0.616 e. The molecule has 80 valence electrons. The molecule has 0 unspecified atom stereocenters. The number of alkyl halides is 2. The molecule has 0 rings (SSSR count). The van der Waals surface area contributed by atoms with Crippen molar-refractivity contribution >= 4 is 18.6 Å². The van der Waals surface area contributed by atoms with Gasteiger partial charge in [-0.3, -0.25) is 0 Å². The summed E-state index contributed by atoms with van der Waals surface area (Å²) >= 11 is 0. The van der Waals surface area contributed by atoms with Gasteiger partial charge in [-0.25, -0.2) is 21.1 Å². The molecule has 0 saturated heterocycles. The lowest BCUT2D eigenvalue weighted by Crippen LogP contribution is -2.13. The fourth-order valence-corrected chi connectivity index (χ4v) is 2.93. The second kappa shape index (κ2) is 6.52. The average Bonchev–Trinajstić information content (AvgIpc) is 1.93. The van der Waals surface area contributed by atoms with Gasteiger partial charge in [0.2, 0.25) is 6.43 Å². The van der Waals surface area contributed by atoms with Gasteiger partial charge in [-0.05, 0) is 12.5 Å². The van der Waals surface area contributed by atoms with Gasteiger partial charge in [0.25, 0.3) is 0 Å². The van der Waals surface area contributed by atoms with Crippen LogP contribution in [0.1, 0.15) is 12.8 Å². The van der Waals surface area contributed by atoms with Crippen LogP contribution in [0.25, 0.3) is 0 Å². The molecule has 0 bridgehead atoms. The maximum atomic E-state index is 11.7. The summed E-state index contributed by atoms with van der Waals surface area (Å²) in [7, 11) is -6.17. The van der Waals surface area contributed by atoms with Crippen LogP contribution in [0.4, 0.5) is 21.1 Å². The number of hydrogen-bond acceptors (Lipinski definition) is 0. The van der Waals surface area contributed by atoms with Crippen LogP contribution in [-0.2, 0) is 0 Å². The Bertz CT molecular complexity index is 125. The Labute approximate surface area is 77.9 Å². The maximum absolute atomic E-state index is 11.7. The molecule has 0 aliphatic carbocycles. The standard InChI is InChI=1S/C6H13F5Si2/c7-6(8)5-12-3-1-2-4-13(9,10)11/h6H,1-5,12H2. The van der Waals surface area contributed by atoms with Crippen LogP contribution in [0.15, 0.2) is 0 Å². The highest BCUT2D eigenvalue weighted by molar-refractivity contribution is 6.58. The first-order valence-corrected chi connectivity index (χ1v) is 8.11. The second-order valence-electron chi connectivity index (χ2n) is 2.96. The van der Waals surface area contributed by atoms with Crippen molar-refractivity contribution in [2.75, 3.05) is 0 Å². The third-order valence-corrected chi connectivity index (χ3v) is 4.40. The van der Waals surface area contributed by atoms with Gasteiger partial charge in [0.1, 0.15) is 0 Å². The van der Waals surface area contributed by atoms with Crippen LogP contribution in [0.3, 0.4) is 0 Å². The highest BCUT2D eigenvalue weighted by Gasteiger charge is 2.35. The van der Waals surface area contributed by atoms with E-state index >= 15 is 0 Å². The number of hydrogen-bond donors (Lipinski definition) is 0. The van der Waals surface area contributed by atoms with Gasteiger partial charge in [0.15, 0.2) is 0 Å². The zero-order chi connectivity index (χ0) is 10.3. The van der Waals surface area contributed by atoms with Gasteiger partial charge in [-0.1, -0.05) is 12.5 Å². The van der Waals surface area contributed by atoms with E-state index < -0.39 is 31.1 Å². The first kappa shape index (κ1) is 13.1. The molecular formula is C6H13F5Si2. The highest BCUT2D eigenvalue weighted by atomic mass is 28.5. The fraction of sp³-hybridized carbons (Fsp3) is 1.00. The molecule has 0 radical (unpaired) electrons. The van der Waals surface area contributed by atoms with E-state index in [0.29, 0.717) is 12.5 Å². The first-order valence-electron chi connectivity index (χ1n) is 4.27. The van der Waals surface area contributed by atoms with Crippen LogP contribution in [-0.4, -0.2) is 25.0 Å². The summed E-state index contributed by atoms with van der Waals surface area (Å²) < 4.78 is 58.4. The molecule has 7 heteroatoms. The minimum atomic E-state index is -5.37. The van der Waals surface area contributed by atoms with Crippen LogP contribution >= 0.6 is 0 Å². The van der Waals surface area contributed by atoms with Crippen LogP contribution in [0.5, 0.6) is 0 Å². The Hall–Kier alpha value is 0.0838. The molecule has 0 aliphatic heterocycles. The summed E-state index contributed by atoms with van der Waals surface area (Å²) in [6.45, 7) is 0. The van der Waals surface area contributed by atoms with E-state index in [1.807, 2.05) is 0 Å². The van der Waals surface area contributed by atoms with Crippen molar-refractivity contribution in [3.8, 4) is 0 Å². The van der Waals surface area contributed by atoms with Crippen LogP contribution in [0, 0.1) is 0 Å². The third kappa shape index (κ3) is 12.1. The summed E-state index contributed by atoms with van der Waals surface area (Å²) in [5.74, 6) is 0. The minimum absolute atomic E-state index is 0.0521. The molecule has 0 aliphatic rings. The van der Waals surface area contributed by atoms with Crippen LogP contribution in [0.2, 0.25) is 18.1 Å². The molecule has 0 fully saturated rings. The van der Waals surface area contributed by atoms with Crippen molar-refractivity contribution in [3.63, 3.8) is 0 Å². The Morgan fingerprint density at radius 1 is 1.08 bits per heavy atom. The van der Waals surface area contributed by atoms with Crippen molar-refractivity contribution in [1.29, 1.82) is 0 Å². The lowest BCUT2D eigenvalue weighted by atomic mass is 10.4. The normalized spacial score (nSPS) is 13.4. The minimum Gasteiger partial charge on any atom is -0.238 e. The largest absolute Gasteiger partial charge is 0.616 e. The molecule has 0 heterocycles. The van der Waals surface area contributed by atoms with E-state index in [2.05, 4.69) is 0 Å². The lowest BCUT2D eigenvalue weighted by Gasteiger charge is -2.02. The quantitative estimate of drug-likeness (QED) is 0.276. The average molecular weight is 236 g/mol. The SMILES string of the molecule is FC(F)C[SiH2]CCCC[Si](F)(F)F. The number of unbranched alkanes of at least 4 members (excludes halogenated alkanes) is 1. The Morgan fingerprint density at radius 3 is 2.15 bits per heavy atom. The van der Waals surface area contributed by atoms with Crippen molar-refractivity contribution in [3.05, 3.63) is 0 Å². The summed E-state index contributed by atoms with van der Waals surface area (Å²) in [6.07, 6.45) is -1.64. The predicted octanol–water partition coefficient (Wildman–Crippen LogP) is 2.88. The predicted molar refractivity (Wildman–Crippen MR) is 47.3 cm³/mol. The third-order valence-electron chi connectivity index (χ3n) is 1.63. The molecule has 0 aromatic rings. The molecule has 0 aromatic carbocycles. The number of halogens is 5. The molecule has 0 atom stereocenters. The van der Waals surface area contributed by atoms with Gasteiger partial charge in [-0.2, -0.15) is 0 Å². The van der Waals surface area contributed by atoms with Gasteiger partial charge in [-0.15, -0.1) is 0 Å². The van der Waals surface area contributed by atoms with Crippen molar-refractivity contribution in [1.82, 2.24) is 0 Å². The molecule has 0 saturated carbocycles. The highest BCUT2D eigenvalue weighted by Crippen LogP contribution is 2.18. The lowest BCUT2D eigenvalue weighted by molar-refractivity contribution is 0.171. The smallest absolute Gasteiger partial charge is 0.238 e. The topological polar surface area (TPSA) is 0 Å². The molecule has 13 heavy (non-hydrogen) atoms. The zero-order valence-electron chi connectivity index (χ0n) is 7.21. The van der Waals surface area contributed by atoms with Crippen molar-refractivity contribution in [2.45, 2.75) is 37.4 Å². The molecule has 0 aromatic heterocycles. The van der Waals surface area contributed by atoms with Gasteiger partial charge < -0.3 is 0 Å². The van der Waals surface area contributed by atoms with E-state index in [1.54, 1.807) is 0 Å². The Balaban J connectivity index is 3.09. The molecule has 0 N–H and O–H groups in total. The summed E-state index contributed by atoms with van der Waals surface area (Å²) in [5, 5.41) is 0. The zero-order valence-corrected chi connectivity index (χ0v) is 9.62. The fourth-order valence-electron chi connectivity index (χ4n) is 0.978. The van der Waals surface area contributed by atoms with Crippen molar-refractivity contribution < 1.29 is 21.1 Å². The summed E-state index contributed by atoms with van der Waals surface area (Å²) in [5.41, 5.74) is 0. The van der Waals surface area contributed by atoms with Crippen molar-refractivity contribution in [2.24, 2.45) is 0 Å². The van der Waals surface area contributed by atoms with Gasteiger partial charge >= 0.3 is 9.08 Å². The van der Waals surface area contributed by atoms with E-state index in [-0.39, 0.29) is 12.5 Å². The molecule has 0 spiro atoms. The van der Waals surface area contributed by atoms with E-state index in [1.165, 1.54) is 0 Å². The molecular weight excluding hydrogens is 223 g/mol. The molecule has 0 nitrogen and oxygen atoms in total. The summed E-state index contributed by atoms with van der Waals surface area (Å²) in [6, 6.07) is -0.0751. The van der Waals surface area contributed by atoms with E-state index in [9.17, 15) is 21.1 Å². The Kier molecular flexibility index (Phi) is 6.57. The second-order valence-corrected chi connectivity index (χ2v) is 6.68. The van der Waals surface area contributed by atoms with E-state index in [0.717, 1.165) is 0 Å².